The number of nitrogens with one attached hydrogen (secondary N) is 1. The predicted octanol–water partition coefficient (Wildman–Crippen LogP) is 2.03. The number of ether oxygens (including phenoxy) is 1. The van der Waals surface area contributed by atoms with Gasteiger partial charge in [-0.2, -0.15) is 0 Å². The largest absolute Gasteiger partial charge is 0.480 e. The van der Waals surface area contributed by atoms with E-state index in [9.17, 15) is 15.0 Å². The van der Waals surface area contributed by atoms with Gasteiger partial charge < -0.3 is 19.9 Å². The molecule has 26 heavy (non-hydrogen) atoms. The van der Waals surface area contributed by atoms with Gasteiger partial charge in [-0.25, -0.2) is 0 Å². The van der Waals surface area contributed by atoms with Crippen LogP contribution in [0.1, 0.15) is 30.1 Å². The number of halogens is 1. The number of aromatic nitrogens is 1. The average Bonchev–Trinajstić information content (AvgIpc) is 3.19. The third-order valence-electron chi connectivity index (χ3n) is 7.23. The topological polar surface area (TPSA) is 85.8 Å². The van der Waals surface area contributed by atoms with Gasteiger partial charge in [-0.3, -0.25) is 9.69 Å². The lowest BCUT2D eigenvalue weighted by atomic mass is 9.69. The van der Waals surface area contributed by atoms with Crippen molar-refractivity contribution in [1.29, 1.82) is 0 Å². The van der Waals surface area contributed by atoms with E-state index in [-0.39, 0.29) is 31.0 Å². The summed E-state index contributed by atoms with van der Waals surface area (Å²) in [6.45, 7) is 1.77. The minimum atomic E-state index is -1.35. The highest BCUT2D eigenvalue weighted by Crippen LogP contribution is 2.63. The minimum absolute atomic E-state index is 0. The van der Waals surface area contributed by atoms with Gasteiger partial charge >= 0.3 is 5.97 Å². The first-order chi connectivity index (χ1) is 12.1. The molecule has 3 saturated heterocycles. The maximum Gasteiger partial charge on any atom is 0.318 e. The monoisotopic (exact) mass is 376 g/mol. The fraction of sp³-hybridized carbons (Fsp3) is 0.526. The SMILES string of the molecule is Cl.O=C(O)[C@@]12CO[C@]3(O)[C@H]4CCN(CC[C@@H]31)[C@H]4c1c2[nH]c2ccccc12. The number of fused-ring (bicyclic) bond motifs is 4. The van der Waals surface area contributed by atoms with E-state index >= 15 is 0 Å². The van der Waals surface area contributed by atoms with Crippen LogP contribution in [0.25, 0.3) is 10.9 Å². The molecule has 3 aliphatic heterocycles. The Balaban J connectivity index is 0.00000150. The van der Waals surface area contributed by atoms with Gasteiger partial charge in [-0.1, -0.05) is 18.2 Å². The first-order valence-corrected chi connectivity index (χ1v) is 9.02. The van der Waals surface area contributed by atoms with E-state index in [1.165, 1.54) is 0 Å². The summed E-state index contributed by atoms with van der Waals surface area (Å²) < 4.78 is 5.93. The Morgan fingerprint density at radius 1 is 1.27 bits per heavy atom. The van der Waals surface area contributed by atoms with Crippen molar-refractivity contribution in [3.8, 4) is 0 Å². The average molecular weight is 377 g/mol. The highest BCUT2D eigenvalue weighted by molar-refractivity contribution is 5.91. The number of carbonyl (C=O) groups is 1. The molecule has 4 heterocycles. The number of aromatic amines is 1. The second-order valence-electron chi connectivity index (χ2n) is 7.99. The number of hydrogen-bond donors (Lipinski definition) is 3. The van der Waals surface area contributed by atoms with Gasteiger partial charge in [0.1, 0.15) is 5.41 Å². The van der Waals surface area contributed by atoms with Crippen molar-refractivity contribution in [2.75, 3.05) is 19.7 Å². The Morgan fingerprint density at radius 2 is 2.04 bits per heavy atom. The molecule has 6 rings (SSSR count). The van der Waals surface area contributed by atoms with Crippen LogP contribution in [-0.4, -0.2) is 51.5 Å². The number of carboxylic acids is 1. The molecule has 6 atom stereocenters. The van der Waals surface area contributed by atoms with Crippen molar-refractivity contribution in [1.82, 2.24) is 9.88 Å². The molecule has 1 aromatic heterocycles. The molecule has 1 unspecified atom stereocenters. The number of aliphatic carboxylic acids is 1. The van der Waals surface area contributed by atoms with Gasteiger partial charge in [-0.05, 0) is 37.6 Å². The zero-order chi connectivity index (χ0) is 17.0. The molecule has 0 amide bonds. The van der Waals surface area contributed by atoms with Crippen molar-refractivity contribution in [2.45, 2.75) is 30.1 Å². The molecule has 2 aromatic rings. The molecule has 138 valence electrons. The molecular weight excluding hydrogens is 356 g/mol. The maximum absolute atomic E-state index is 12.6. The molecule has 6 bridgehead atoms. The van der Waals surface area contributed by atoms with Gasteiger partial charge in [0, 0.05) is 34.5 Å². The second kappa shape index (κ2) is 5.01. The van der Waals surface area contributed by atoms with Crippen LogP contribution in [0.3, 0.4) is 0 Å². The number of para-hydroxylation sites is 1. The van der Waals surface area contributed by atoms with Crippen molar-refractivity contribution >= 4 is 29.3 Å². The van der Waals surface area contributed by atoms with Crippen LogP contribution in [0.5, 0.6) is 0 Å². The Morgan fingerprint density at radius 3 is 2.85 bits per heavy atom. The van der Waals surface area contributed by atoms with Crippen LogP contribution in [0.15, 0.2) is 24.3 Å². The molecule has 6 nitrogen and oxygen atoms in total. The zero-order valence-corrected chi connectivity index (χ0v) is 15.0. The number of nitrogens with zero attached hydrogens (tertiary/aromatic N) is 1. The summed E-state index contributed by atoms with van der Waals surface area (Å²) >= 11 is 0. The standard InChI is InChI=1S/C19H20N2O4.ClH/c22-17(23)18-9-25-19(24)11-5-7-21(8-6-13(18)19)15(11)14-10-3-1-2-4-12(10)20-16(14)18;/h1-4,11,13,15,20,24H,5-9H2,(H,22,23);1H/t11-,13+,15+,18-,19+;/m0./s1. The summed E-state index contributed by atoms with van der Waals surface area (Å²) in [7, 11) is 0. The van der Waals surface area contributed by atoms with Crippen molar-refractivity contribution in [3.05, 3.63) is 35.5 Å². The molecule has 0 radical (unpaired) electrons. The number of carboxylic acid groups (broad SMARTS) is 1. The molecule has 1 aromatic carbocycles. The third-order valence-corrected chi connectivity index (χ3v) is 7.23. The number of benzene rings is 1. The van der Waals surface area contributed by atoms with Crippen LogP contribution < -0.4 is 0 Å². The fourth-order valence-electron chi connectivity index (χ4n) is 6.21. The summed E-state index contributed by atoms with van der Waals surface area (Å²) in [6.07, 6.45) is 1.48. The van der Waals surface area contributed by atoms with Gasteiger partial charge in [-0.15, -0.1) is 12.4 Å². The van der Waals surface area contributed by atoms with Gasteiger partial charge in [0.2, 0.25) is 0 Å². The van der Waals surface area contributed by atoms with Crippen LogP contribution in [0.2, 0.25) is 0 Å². The smallest absolute Gasteiger partial charge is 0.318 e. The van der Waals surface area contributed by atoms with Gasteiger partial charge in [0.25, 0.3) is 0 Å². The quantitative estimate of drug-likeness (QED) is 0.709. The van der Waals surface area contributed by atoms with Gasteiger partial charge in [0.05, 0.1) is 6.61 Å². The van der Waals surface area contributed by atoms with Crippen LogP contribution >= 0.6 is 12.4 Å². The normalized spacial score (nSPS) is 42.2. The van der Waals surface area contributed by atoms with Crippen molar-refractivity contribution < 1.29 is 19.7 Å². The highest BCUT2D eigenvalue weighted by Gasteiger charge is 2.72. The third kappa shape index (κ3) is 1.59. The lowest BCUT2D eigenvalue weighted by Gasteiger charge is -2.36. The minimum Gasteiger partial charge on any atom is -0.480 e. The number of rotatable bonds is 1. The molecule has 4 aliphatic rings. The molecule has 3 N–H and O–H groups in total. The van der Waals surface area contributed by atoms with Gasteiger partial charge in [0.15, 0.2) is 5.79 Å². The Bertz CT molecular complexity index is 929. The summed E-state index contributed by atoms with van der Waals surface area (Å²) in [4.78, 5) is 18.4. The first kappa shape index (κ1) is 16.6. The molecule has 1 aliphatic carbocycles. The second-order valence-corrected chi connectivity index (χ2v) is 7.99. The lowest BCUT2D eigenvalue weighted by Crippen LogP contribution is -2.50. The van der Waals surface area contributed by atoms with E-state index in [2.05, 4.69) is 16.0 Å². The van der Waals surface area contributed by atoms with Crippen LogP contribution in [-0.2, 0) is 14.9 Å². The Kier molecular flexibility index (Phi) is 3.19. The zero-order valence-electron chi connectivity index (χ0n) is 14.1. The van der Waals surface area contributed by atoms with E-state index in [4.69, 9.17) is 4.74 Å². The predicted molar refractivity (Wildman–Crippen MR) is 96.3 cm³/mol. The fourth-order valence-corrected chi connectivity index (χ4v) is 6.21. The van der Waals surface area contributed by atoms with Crippen LogP contribution in [0.4, 0.5) is 0 Å². The summed E-state index contributed by atoms with van der Waals surface area (Å²) in [5.74, 6) is -2.75. The number of hydrogen-bond acceptors (Lipinski definition) is 4. The summed E-state index contributed by atoms with van der Waals surface area (Å²) in [5, 5.41) is 22.9. The Hall–Kier alpha value is -1.60. The number of aliphatic hydroxyl groups is 1. The maximum atomic E-state index is 12.6. The van der Waals surface area contributed by atoms with Crippen molar-refractivity contribution in [2.24, 2.45) is 11.8 Å². The van der Waals surface area contributed by atoms with E-state index in [1.807, 2.05) is 18.2 Å². The van der Waals surface area contributed by atoms with E-state index in [0.717, 1.165) is 41.7 Å². The van der Waals surface area contributed by atoms with E-state index in [0.29, 0.717) is 6.42 Å². The lowest BCUT2D eigenvalue weighted by molar-refractivity contribution is -0.231. The van der Waals surface area contributed by atoms with Crippen LogP contribution in [0, 0.1) is 11.8 Å². The van der Waals surface area contributed by atoms with E-state index in [1.54, 1.807) is 0 Å². The van der Waals surface area contributed by atoms with Crippen molar-refractivity contribution in [3.63, 3.8) is 0 Å². The summed E-state index contributed by atoms with van der Waals surface area (Å²) in [5.41, 5.74) is 1.60. The molecular formula is C19H21ClN2O4. The van der Waals surface area contributed by atoms with E-state index < -0.39 is 23.1 Å². The molecule has 7 heteroatoms. The molecule has 3 fully saturated rings. The molecule has 0 spiro atoms. The highest BCUT2D eigenvalue weighted by atomic mass is 35.5. The summed E-state index contributed by atoms with van der Waals surface area (Å²) in [6, 6.07) is 8.05. The first-order valence-electron chi connectivity index (χ1n) is 9.02. The number of H-pyrrole nitrogens is 1. The Labute approximate surface area is 156 Å². The molecule has 0 saturated carbocycles.